The largest absolute Gasteiger partial charge is 0 e. The van der Waals surface area contributed by atoms with Crippen LogP contribution in [-0.4, -0.2) is 35.7 Å². The molecule has 1 nitrogen and oxygen atoms in total. The van der Waals surface area contributed by atoms with E-state index in [0.29, 0.717) is 0 Å². The monoisotopic (exact) mass is 289 g/mol. The van der Waals surface area contributed by atoms with Gasteiger partial charge in [-0.2, -0.15) is 0 Å². The Hall–Kier alpha value is 1.19. The normalized spacial score (nSPS) is 1.00. The maximum atomic E-state index is 8.36. The molecule has 0 aromatic carbocycles. The molecule has 0 N–H and O–H groups in total. The summed E-state index contributed by atoms with van der Waals surface area (Å²) in [5.41, 5.74) is 0. The first-order chi connectivity index (χ1) is 1.00. The molecule has 0 rings (SSSR count). The summed E-state index contributed by atoms with van der Waals surface area (Å²) in [6.07, 6.45) is 0. The molecule has 0 atom stereocenters. The van der Waals surface area contributed by atoms with E-state index >= 15 is 0 Å². The molecule has 4 heteroatoms. The van der Waals surface area contributed by atoms with Gasteiger partial charge in [0.05, 0.1) is 0 Å². The molecule has 0 aliphatic carbocycles. The van der Waals surface area contributed by atoms with Crippen LogP contribution in [0, 0.1) is 0 Å². The Morgan fingerprint density at radius 1 is 1.25 bits per heavy atom. The maximum Gasteiger partial charge on any atom is 0 e. The van der Waals surface area contributed by atoms with E-state index in [9.17, 15) is 0 Å². The molecule has 0 amide bonds. The van der Waals surface area contributed by atoms with Gasteiger partial charge in [-0.3, -0.25) is 0 Å². The minimum Gasteiger partial charge on any atom is 0 e. The van der Waals surface area contributed by atoms with Crippen LogP contribution in [-0.2, 0) is 2.81 Å². The zero-order chi connectivity index (χ0) is 2.00. The van der Waals surface area contributed by atoms with E-state index < -0.39 is 0 Å². The fourth-order valence-corrected chi connectivity index (χ4v) is 0. The number of hydrogen-bond donors (Lipinski definition) is 0. The van der Waals surface area contributed by atoms with Crippen LogP contribution in [0.5, 0.6) is 0 Å². The molecule has 0 aliphatic rings. The SMILES string of the molecule is Cl.[O]=[Bi].[Si]. The zero-order valence-corrected chi connectivity index (χ0v) is 7.06. The van der Waals surface area contributed by atoms with Crippen molar-refractivity contribution in [2.75, 3.05) is 0 Å². The summed E-state index contributed by atoms with van der Waals surface area (Å²) in [4.78, 5) is 0. The predicted octanol–water partition coefficient (Wildman–Crippen LogP) is -0.459. The Balaban J connectivity index is -0.00000000500. The minimum atomic E-state index is 0. The second kappa shape index (κ2) is 30.1. The van der Waals surface area contributed by atoms with E-state index in [1.54, 1.807) is 0 Å². The molecule has 0 saturated carbocycles. The molecule has 23 valence electrons. The molecule has 0 unspecified atom stereocenters. The molecule has 0 bridgehead atoms. The molecule has 0 aliphatic heterocycles. The summed E-state index contributed by atoms with van der Waals surface area (Å²) in [5.74, 6) is 0. The fourth-order valence-electron chi connectivity index (χ4n) is 0. The van der Waals surface area contributed by atoms with Gasteiger partial charge < -0.3 is 0 Å². The third-order valence-electron chi connectivity index (χ3n) is 0. The standard InChI is InChI=1S/Bi.ClH.O.Si/h;1H;;. The van der Waals surface area contributed by atoms with Crippen molar-refractivity contribution >= 4 is 48.1 Å². The average molecular weight is 290 g/mol. The second-order valence-corrected chi connectivity index (χ2v) is 0. The van der Waals surface area contributed by atoms with Gasteiger partial charge in [0, 0.05) is 11.0 Å². The Morgan fingerprint density at radius 2 is 1.25 bits per heavy atom. The van der Waals surface area contributed by atoms with E-state index in [1.165, 1.54) is 0 Å². The van der Waals surface area contributed by atoms with Gasteiger partial charge in [-0.05, 0) is 0 Å². The van der Waals surface area contributed by atoms with Gasteiger partial charge in [0.25, 0.3) is 0 Å². The van der Waals surface area contributed by atoms with E-state index in [2.05, 4.69) is 0 Å². The molecule has 0 saturated heterocycles. The van der Waals surface area contributed by atoms with Crippen LogP contribution < -0.4 is 0 Å². The molecule has 0 spiro atoms. The first-order valence-electron chi connectivity index (χ1n) is 0.183. The summed E-state index contributed by atoms with van der Waals surface area (Å²) in [5, 5.41) is 0. The van der Waals surface area contributed by atoms with Gasteiger partial charge in [-0.1, -0.05) is 0 Å². The van der Waals surface area contributed by atoms with Crippen LogP contribution in [0.3, 0.4) is 0 Å². The Kier molecular flexibility index (Phi) is 143. The number of halogens is 1. The summed E-state index contributed by atoms with van der Waals surface area (Å²) in [6.45, 7) is 0. The van der Waals surface area contributed by atoms with Gasteiger partial charge in [0.2, 0.25) is 0 Å². The van der Waals surface area contributed by atoms with Gasteiger partial charge >= 0.3 is 27.5 Å². The quantitative estimate of drug-likeness (QED) is 0.552. The maximum absolute atomic E-state index is 8.36. The van der Waals surface area contributed by atoms with E-state index in [4.69, 9.17) is 2.81 Å². The van der Waals surface area contributed by atoms with Gasteiger partial charge in [0.1, 0.15) is 0 Å². The van der Waals surface area contributed by atoms with Crippen molar-refractivity contribution in [1.82, 2.24) is 0 Å². The average Bonchev–Trinajstić information content (AvgIpc) is 1.00. The van der Waals surface area contributed by atoms with Crippen LogP contribution in [0.2, 0.25) is 0 Å². The number of rotatable bonds is 0. The summed E-state index contributed by atoms with van der Waals surface area (Å²) >= 11 is 0.194. The smallest absolute Gasteiger partial charge is 0 e. The summed E-state index contributed by atoms with van der Waals surface area (Å²) in [7, 11) is 0. The van der Waals surface area contributed by atoms with Crippen LogP contribution in [0.4, 0.5) is 0 Å². The molecular formula is HBiClOSi. The number of hydrogen-bond acceptors (Lipinski definition) is 1. The van der Waals surface area contributed by atoms with Gasteiger partial charge in [0.15, 0.2) is 0 Å². The van der Waals surface area contributed by atoms with Crippen molar-refractivity contribution in [3.63, 3.8) is 0 Å². The summed E-state index contributed by atoms with van der Waals surface area (Å²) < 4.78 is 8.36. The van der Waals surface area contributed by atoms with Crippen molar-refractivity contribution in [3.8, 4) is 0 Å². The topological polar surface area (TPSA) is 17.1 Å². The van der Waals surface area contributed by atoms with E-state index in [0.717, 1.165) is 0 Å². The minimum absolute atomic E-state index is 0. The van der Waals surface area contributed by atoms with Gasteiger partial charge in [-0.15, -0.1) is 12.4 Å². The Labute approximate surface area is 50.9 Å². The molecular weight excluding hydrogens is 289 g/mol. The third-order valence-corrected chi connectivity index (χ3v) is 0. The van der Waals surface area contributed by atoms with Crippen molar-refractivity contribution in [3.05, 3.63) is 0 Å². The Morgan fingerprint density at radius 3 is 1.25 bits per heavy atom. The molecule has 0 fully saturated rings. The van der Waals surface area contributed by atoms with Crippen LogP contribution in [0.25, 0.3) is 0 Å². The molecule has 5 radical (unpaired) electrons. The van der Waals surface area contributed by atoms with Crippen molar-refractivity contribution in [2.24, 2.45) is 0 Å². The zero-order valence-electron chi connectivity index (χ0n) is 1.76. The van der Waals surface area contributed by atoms with Crippen LogP contribution in [0.15, 0.2) is 0 Å². The van der Waals surface area contributed by atoms with Crippen LogP contribution >= 0.6 is 12.4 Å². The van der Waals surface area contributed by atoms with E-state index in [1.807, 2.05) is 0 Å². The van der Waals surface area contributed by atoms with E-state index in [-0.39, 0.29) is 48.1 Å². The molecule has 0 aromatic heterocycles. The fraction of sp³-hybridized carbons (Fsp3) is 0. The third kappa shape index (κ3) is 10.8. The van der Waals surface area contributed by atoms with Crippen LogP contribution in [0.1, 0.15) is 0 Å². The van der Waals surface area contributed by atoms with Crippen molar-refractivity contribution < 1.29 is 2.81 Å². The van der Waals surface area contributed by atoms with Crippen molar-refractivity contribution in [2.45, 2.75) is 0 Å². The van der Waals surface area contributed by atoms with Crippen molar-refractivity contribution in [1.29, 1.82) is 0 Å². The first kappa shape index (κ1) is 19.0. The first-order valence-corrected chi connectivity index (χ1v) is 1.60. The Bertz CT molecular complexity index is 8.00. The predicted molar refractivity (Wildman–Crippen MR) is 19.4 cm³/mol. The molecule has 4 heavy (non-hydrogen) atoms. The second-order valence-electron chi connectivity index (χ2n) is 0. The summed E-state index contributed by atoms with van der Waals surface area (Å²) in [6, 6.07) is 0. The molecule has 0 aromatic rings. The molecule has 0 heterocycles. The van der Waals surface area contributed by atoms with Gasteiger partial charge in [-0.25, -0.2) is 0 Å².